The average molecular weight is 740 g/mol. The van der Waals surface area contributed by atoms with Crippen molar-refractivity contribution in [1.29, 1.82) is 0 Å². The number of carbonyl (C=O) groups excluding carboxylic acids is 3. The minimum atomic E-state index is -1.04. The number of aromatic amines is 3. The first-order valence-electron chi connectivity index (χ1n) is 18.3. The Morgan fingerprint density at radius 3 is 2.38 bits per heavy atom. The summed E-state index contributed by atoms with van der Waals surface area (Å²) in [5.41, 5.74) is 12.6. The van der Waals surface area contributed by atoms with E-state index in [1.807, 2.05) is 45.0 Å². The monoisotopic (exact) mass is 739 g/mol. The van der Waals surface area contributed by atoms with E-state index in [-0.39, 0.29) is 29.0 Å². The lowest BCUT2D eigenvalue weighted by Crippen LogP contribution is -2.50. The summed E-state index contributed by atoms with van der Waals surface area (Å²) in [7, 11) is 0. The van der Waals surface area contributed by atoms with Crippen molar-refractivity contribution in [2.45, 2.75) is 90.2 Å². The number of ether oxygens (including phenoxy) is 1. The highest BCUT2D eigenvalue weighted by molar-refractivity contribution is 6.35. The van der Waals surface area contributed by atoms with Gasteiger partial charge in [-0.25, -0.2) is 19.5 Å². The molecule has 2 aliphatic rings. The molecule has 3 aromatic carbocycles. The van der Waals surface area contributed by atoms with Crippen molar-refractivity contribution < 1.29 is 19.1 Å². The Hall–Kier alpha value is -4.94. The van der Waals surface area contributed by atoms with E-state index in [2.05, 4.69) is 39.3 Å². The van der Waals surface area contributed by atoms with Crippen LogP contribution in [0.5, 0.6) is 0 Å². The summed E-state index contributed by atoms with van der Waals surface area (Å²) >= 11 is 6.55. The number of carbonyl (C=O) groups is 3. The molecule has 12 nitrogen and oxygen atoms in total. The molecule has 2 aliphatic carbocycles. The number of halogens is 1. The lowest BCUT2D eigenvalue weighted by atomic mass is 9.81. The molecule has 6 N–H and O–H groups in total. The average Bonchev–Trinajstić information content (AvgIpc) is 3.77. The van der Waals surface area contributed by atoms with E-state index in [1.54, 1.807) is 6.07 Å². The molecule has 0 radical (unpaired) electrons. The maximum atomic E-state index is 14.3. The third kappa shape index (κ3) is 8.18. The van der Waals surface area contributed by atoms with Gasteiger partial charge in [0.1, 0.15) is 11.4 Å². The smallest absolute Gasteiger partial charge is 0.407 e. The highest BCUT2D eigenvalue weighted by Crippen LogP contribution is 2.40. The molecule has 0 aliphatic heterocycles. The first-order chi connectivity index (χ1) is 25.2. The summed E-state index contributed by atoms with van der Waals surface area (Å²) in [6.45, 7) is 7.95. The third-order valence-corrected chi connectivity index (χ3v) is 10.5. The predicted molar refractivity (Wildman–Crippen MR) is 206 cm³/mol. The minimum Gasteiger partial charge on any atom is -0.444 e. The molecule has 5 aromatic rings. The molecule has 3 amide bonds. The largest absolute Gasteiger partial charge is 0.444 e. The van der Waals surface area contributed by atoms with Gasteiger partial charge in [-0.3, -0.25) is 9.59 Å². The number of anilines is 1. The Bertz CT molecular complexity index is 2240. The van der Waals surface area contributed by atoms with Gasteiger partial charge in [-0.1, -0.05) is 35.9 Å². The van der Waals surface area contributed by atoms with Gasteiger partial charge in [0.25, 0.3) is 5.91 Å². The van der Waals surface area contributed by atoms with Crippen LogP contribution in [0.25, 0.3) is 33.2 Å². The lowest BCUT2D eigenvalue weighted by molar-refractivity contribution is -0.130. The van der Waals surface area contributed by atoms with Crippen molar-refractivity contribution in [3.05, 3.63) is 81.0 Å². The molecule has 0 unspecified atom stereocenters. The topological polar surface area (TPSA) is 179 Å². The van der Waals surface area contributed by atoms with Crippen molar-refractivity contribution in [3.8, 4) is 11.1 Å². The number of aromatic nitrogens is 4. The third-order valence-electron chi connectivity index (χ3n) is 10.2. The molecule has 0 saturated heterocycles. The van der Waals surface area contributed by atoms with Gasteiger partial charge in [0.15, 0.2) is 0 Å². The summed E-state index contributed by atoms with van der Waals surface area (Å²) in [6.07, 6.45) is 4.52. The zero-order valence-electron chi connectivity index (χ0n) is 30.5. The first-order valence-corrected chi connectivity index (χ1v) is 18.7. The number of fused-ring (bicyclic) bond motifs is 2. The molecule has 278 valence electrons. The van der Waals surface area contributed by atoms with Gasteiger partial charge in [0, 0.05) is 18.4 Å². The van der Waals surface area contributed by atoms with E-state index < -0.39 is 35.3 Å². The number of rotatable bonds is 9. The van der Waals surface area contributed by atoms with E-state index in [4.69, 9.17) is 27.1 Å². The van der Waals surface area contributed by atoms with Crippen molar-refractivity contribution in [1.82, 2.24) is 25.3 Å². The summed E-state index contributed by atoms with van der Waals surface area (Å²) in [6, 6.07) is 14.2. The van der Waals surface area contributed by atoms with Gasteiger partial charge >= 0.3 is 11.8 Å². The Morgan fingerprint density at radius 1 is 0.981 bits per heavy atom. The number of aryl methyl sites for hydroxylation is 1. The molecule has 2 aromatic heterocycles. The maximum absolute atomic E-state index is 14.3. The Kier molecular flexibility index (Phi) is 9.94. The van der Waals surface area contributed by atoms with Crippen LogP contribution >= 0.6 is 11.6 Å². The van der Waals surface area contributed by atoms with E-state index in [0.717, 1.165) is 44.0 Å². The second-order valence-corrected chi connectivity index (χ2v) is 16.0. The van der Waals surface area contributed by atoms with Gasteiger partial charge in [-0.2, -0.15) is 0 Å². The highest BCUT2D eigenvalue weighted by atomic mass is 35.5. The van der Waals surface area contributed by atoms with Gasteiger partial charge in [0.2, 0.25) is 5.91 Å². The molecule has 1 atom stereocenters. The normalized spacial score (nSPS) is 18.2. The van der Waals surface area contributed by atoms with Gasteiger partial charge in [0.05, 0.1) is 38.8 Å². The number of H-pyrrole nitrogens is 3. The van der Waals surface area contributed by atoms with E-state index >= 15 is 0 Å². The number of hydrogen-bond acceptors (Lipinski definition) is 7. The number of alkyl carbamates (subject to hydrolysis) is 1. The number of imidazole rings is 2. The van der Waals surface area contributed by atoms with Crippen LogP contribution in [0.1, 0.15) is 82.2 Å². The molecule has 13 heteroatoms. The lowest BCUT2D eigenvalue weighted by Gasteiger charge is -2.32. The van der Waals surface area contributed by atoms with Crippen LogP contribution in [0.3, 0.4) is 0 Å². The number of imide groups is 1. The second-order valence-electron chi connectivity index (χ2n) is 15.6. The second kappa shape index (κ2) is 14.5. The maximum Gasteiger partial charge on any atom is 0.407 e. The zero-order chi connectivity index (χ0) is 37.6. The van der Waals surface area contributed by atoms with Crippen LogP contribution in [0, 0.1) is 18.8 Å². The molecular weight excluding hydrogens is 694 g/mol. The van der Waals surface area contributed by atoms with Crippen molar-refractivity contribution >= 4 is 57.3 Å². The first kappa shape index (κ1) is 36.4. The molecule has 2 heterocycles. The van der Waals surface area contributed by atoms with E-state index in [9.17, 15) is 19.2 Å². The van der Waals surface area contributed by atoms with Crippen molar-refractivity contribution in [2.75, 3.05) is 11.4 Å². The van der Waals surface area contributed by atoms with Crippen LogP contribution in [0.2, 0.25) is 5.02 Å². The number of nitrogens with one attached hydrogen (secondary N) is 4. The summed E-state index contributed by atoms with van der Waals surface area (Å²) in [4.78, 5) is 67.6. The standard InChI is InChI=1S/C40H46ClN7O5/c1-21-15-31-32(45-35(44-31)25-13-14-25)19-28(21)24-9-5-22(6-10-24)16-30(42)37(50)48(27-17-29(41)34-33(18-27)46-38(51)47-34)36(49)26-11-7-23(8-12-26)20-43-39(52)53-40(2,3)4/h5-6,9-10,15,17-19,23,25-26,30H,7-8,11-14,16,20,42H2,1-4H3,(H,43,52)(H,44,45)(H2,46,47,51)/t23-,26-,30-/m0/s1. The van der Waals surface area contributed by atoms with Crippen molar-refractivity contribution in [3.63, 3.8) is 0 Å². The van der Waals surface area contributed by atoms with E-state index in [0.29, 0.717) is 49.2 Å². The zero-order valence-corrected chi connectivity index (χ0v) is 31.2. The van der Waals surface area contributed by atoms with Crippen LogP contribution in [0.15, 0.2) is 53.3 Å². The van der Waals surface area contributed by atoms with Gasteiger partial charge < -0.3 is 30.7 Å². The number of hydrogen-bond donors (Lipinski definition) is 5. The minimum absolute atomic E-state index is 0.168. The van der Waals surface area contributed by atoms with Gasteiger partial charge in [-0.15, -0.1) is 0 Å². The molecule has 2 saturated carbocycles. The number of nitrogens with two attached hydrogens (primary N) is 1. The summed E-state index contributed by atoms with van der Waals surface area (Å²) in [5, 5.41) is 3.02. The van der Waals surface area contributed by atoms with Gasteiger partial charge in [-0.05, 0) is 125 Å². The Balaban J connectivity index is 1.07. The van der Waals surface area contributed by atoms with Crippen LogP contribution in [-0.4, -0.2) is 56.0 Å². The molecule has 53 heavy (non-hydrogen) atoms. The fraction of sp³-hybridized carbons (Fsp3) is 0.425. The fourth-order valence-electron chi connectivity index (χ4n) is 7.29. The number of nitrogens with zero attached hydrogens (tertiary/aromatic N) is 2. The quantitative estimate of drug-likeness (QED) is 0.108. The molecule has 7 rings (SSSR count). The SMILES string of the molecule is Cc1cc2[nH]c(C3CC3)nc2cc1-c1ccc(C[C@H](N)C(=O)N(c2cc(Cl)c3[nH]c(=O)[nH]c3c2)C(=O)[C@H]2CC[C@H](CNC(=O)OC(C)(C)C)CC2)cc1. The summed E-state index contributed by atoms with van der Waals surface area (Å²) in [5.74, 6) is 0.382. The predicted octanol–water partition coefficient (Wildman–Crippen LogP) is 7.00. The number of amides is 3. The van der Waals surface area contributed by atoms with E-state index in [1.165, 1.54) is 18.9 Å². The summed E-state index contributed by atoms with van der Waals surface area (Å²) < 4.78 is 5.36. The Labute approximate surface area is 312 Å². The number of benzene rings is 3. The highest BCUT2D eigenvalue weighted by Gasteiger charge is 2.36. The fourth-order valence-corrected chi connectivity index (χ4v) is 7.55. The molecular formula is C40H46ClN7O5. The molecule has 2 fully saturated rings. The van der Waals surface area contributed by atoms with Crippen LogP contribution < -0.4 is 21.6 Å². The molecule has 0 bridgehead atoms. The van der Waals surface area contributed by atoms with Crippen LogP contribution in [0.4, 0.5) is 10.5 Å². The Morgan fingerprint density at radius 2 is 1.70 bits per heavy atom. The van der Waals surface area contributed by atoms with Crippen LogP contribution in [-0.2, 0) is 20.7 Å². The molecule has 0 spiro atoms. The van der Waals surface area contributed by atoms with Crippen molar-refractivity contribution in [2.24, 2.45) is 17.6 Å².